The summed E-state index contributed by atoms with van der Waals surface area (Å²) in [5.41, 5.74) is 0. The Hall–Kier alpha value is -1.25. The molecule has 0 spiro atoms. The molecule has 1 N–H and O–H groups in total. The lowest BCUT2D eigenvalue weighted by Gasteiger charge is -2.15. The van der Waals surface area contributed by atoms with Crippen LogP contribution in [0, 0.1) is 12.8 Å². The van der Waals surface area contributed by atoms with Crippen LogP contribution >= 0.6 is 0 Å². The minimum Gasteiger partial charge on any atom is -0.464 e. The number of furan rings is 1. The monoisotopic (exact) mass is 223 g/mol. The second kappa shape index (κ2) is 5.73. The molecule has 1 aromatic rings. The highest BCUT2D eigenvalue weighted by molar-refractivity contribution is 5.78. The van der Waals surface area contributed by atoms with Gasteiger partial charge < -0.3 is 9.73 Å². The molecule has 2 atom stereocenters. The maximum atomic E-state index is 11.8. The van der Waals surface area contributed by atoms with Crippen LogP contribution in [0.5, 0.6) is 0 Å². The van der Waals surface area contributed by atoms with Crippen LogP contribution in [0.3, 0.4) is 0 Å². The first-order chi connectivity index (χ1) is 7.54. The number of carbonyl (C=O) groups is 1. The summed E-state index contributed by atoms with van der Waals surface area (Å²) in [6.07, 6.45) is 1.96. The van der Waals surface area contributed by atoms with Crippen molar-refractivity contribution in [2.24, 2.45) is 5.92 Å². The van der Waals surface area contributed by atoms with Gasteiger partial charge in [0.1, 0.15) is 11.5 Å². The molecule has 1 amide bonds. The van der Waals surface area contributed by atoms with E-state index in [1.165, 1.54) is 0 Å². The van der Waals surface area contributed by atoms with Crippen LogP contribution in [0.15, 0.2) is 16.5 Å². The highest BCUT2D eigenvalue weighted by Crippen LogP contribution is 2.16. The lowest BCUT2D eigenvalue weighted by atomic mass is 10.0. The third-order valence-electron chi connectivity index (χ3n) is 2.72. The van der Waals surface area contributed by atoms with Crippen LogP contribution in [0.4, 0.5) is 0 Å². The van der Waals surface area contributed by atoms with Gasteiger partial charge in [0.15, 0.2) is 0 Å². The first kappa shape index (κ1) is 12.8. The van der Waals surface area contributed by atoms with Crippen molar-refractivity contribution in [3.05, 3.63) is 23.7 Å². The molecule has 90 valence electrons. The van der Waals surface area contributed by atoms with Crippen LogP contribution in [-0.2, 0) is 4.79 Å². The van der Waals surface area contributed by atoms with Gasteiger partial charge >= 0.3 is 0 Å². The third kappa shape index (κ3) is 3.40. The van der Waals surface area contributed by atoms with Gasteiger partial charge in [0.25, 0.3) is 0 Å². The Morgan fingerprint density at radius 2 is 2.12 bits per heavy atom. The van der Waals surface area contributed by atoms with Gasteiger partial charge in [-0.05, 0) is 32.4 Å². The molecule has 0 bridgehead atoms. The van der Waals surface area contributed by atoms with Crippen molar-refractivity contribution in [1.29, 1.82) is 0 Å². The van der Waals surface area contributed by atoms with Gasteiger partial charge in [0, 0.05) is 5.92 Å². The summed E-state index contributed by atoms with van der Waals surface area (Å²) in [5.74, 6) is 1.86. The summed E-state index contributed by atoms with van der Waals surface area (Å²) in [4.78, 5) is 11.8. The molecule has 1 rings (SSSR count). The molecule has 2 unspecified atom stereocenters. The molecule has 0 aliphatic rings. The van der Waals surface area contributed by atoms with E-state index in [1.807, 2.05) is 32.9 Å². The number of rotatable bonds is 5. The Morgan fingerprint density at radius 3 is 2.62 bits per heavy atom. The number of hydrogen-bond acceptors (Lipinski definition) is 2. The molecular weight excluding hydrogens is 202 g/mol. The molecular formula is C13H21NO2. The van der Waals surface area contributed by atoms with Gasteiger partial charge in [-0.15, -0.1) is 0 Å². The Bertz CT molecular complexity index is 343. The molecule has 1 aromatic heterocycles. The zero-order valence-corrected chi connectivity index (χ0v) is 10.5. The summed E-state index contributed by atoms with van der Waals surface area (Å²) in [7, 11) is 0. The molecule has 3 heteroatoms. The predicted molar refractivity (Wildman–Crippen MR) is 64.1 cm³/mol. The van der Waals surface area contributed by atoms with Gasteiger partial charge in [-0.25, -0.2) is 0 Å². The number of aryl methyl sites for hydroxylation is 1. The molecule has 0 aliphatic heterocycles. The molecule has 0 aromatic carbocycles. The smallest absolute Gasteiger partial charge is 0.223 e. The van der Waals surface area contributed by atoms with E-state index in [4.69, 9.17) is 4.42 Å². The molecule has 3 nitrogen and oxygen atoms in total. The Kier molecular flexibility index (Phi) is 4.59. The van der Waals surface area contributed by atoms with E-state index < -0.39 is 0 Å². The van der Waals surface area contributed by atoms with Crippen LogP contribution in [0.1, 0.15) is 51.2 Å². The van der Waals surface area contributed by atoms with Crippen molar-refractivity contribution >= 4 is 5.91 Å². The van der Waals surface area contributed by atoms with Crippen LogP contribution in [0.2, 0.25) is 0 Å². The predicted octanol–water partition coefficient (Wildman–Crippen LogP) is 3.20. The van der Waals surface area contributed by atoms with E-state index in [1.54, 1.807) is 0 Å². The maximum absolute atomic E-state index is 11.8. The summed E-state index contributed by atoms with van der Waals surface area (Å²) in [6.45, 7) is 7.88. The quantitative estimate of drug-likeness (QED) is 0.833. The molecule has 1 heterocycles. The van der Waals surface area contributed by atoms with Crippen molar-refractivity contribution < 1.29 is 9.21 Å². The largest absolute Gasteiger partial charge is 0.464 e. The van der Waals surface area contributed by atoms with E-state index >= 15 is 0 Å². The van der Waals surface area contributed by atoms with Crippen molar-refractivity contribution in [2.45, 2.75) is 46.6 Å². The van der Waals surface area contributed by atoms with Gasteiger partial charge in [0.2, 0.25) is 5.91 Å². The lowest BCUT2D eigenvalue weighted by Crippen LogP contribution is -2.31. The van der Waals surface area contributed by atoms with E-state index in [9.17, 15) is 4.79 Å². The fourth-order valence-corrected chi connectivity index (χ4v) is 1.68. The van der Waals surface area contributed by atoms with E-state index in [0.29, 0.717) is 0 Å². The average molecular weight is 223 g/mol. The second-order valence-corrected chi connectivity index (χ2v) is 4.37. The summed E-state index contributed by atoms with van der Waals surface area (Å²) >= 11 is 0. The summed E-state index contributed by atoms with van der Waals surface area (Å²) in [6, 6.07) is 3.76. The van der Waals surface area contributed by atoms with Crippen molar-refractivity contribution in [1.82, 2.24) is 5.32 Å². The van der Waals surface area contributed by atoms with Gasteiger partial charge in [-0.1, -0.05) is 20.3 Å². The normalized spacial score (nSPS) is 14.5. The van der Waals surface area contributed by atoms with Gasteiger partial charge in [-0.3, -0.25) is 4.79 Å². The Balaban J connectivity index is 2.51. The van der Waals surface area contributed by atoms with Crippen molar-refractivity contribution in [2.75, 3.05) is 0 Å². The van der Waals surface area contributed by atoms with Crippen molar-refractivity contribution in [3.63, 3.8) is 0 Å². The molecule has 0 saturated heterocycles. The highest BCUT2D eigenvalue weighted by atomic mass is 16.3. The molecule has 0 fully saturated rings. The molecule has 0 radical (unpaired) electrons. The standard InChI is InChI=1S/C13H21NO2/c1-5-6-9(2)13(15)14-11(4)12-8-7-10(3)16-12/h7-9,11H,5-6H2,1-4H3,(H,14,15). The topological polar surface area (TPSA) is 42.2 Å². The number of amides is 1. The third-order valence-corrected chi connectivity index (χ3v) is 2.72. The Labute approximate surface area is 97.2 Å². The first-order valence-electron chi connectivity index (χ1n) is 5.91. The second-order valence-electron chi connectivity index (χ2n) is 4.37. The summed E-state index contributed by atoms with van der Waals surface area (Å²) in [5, 5.41) is 2.96. The minimum absolute atomic E-state index is 0.0551. The molecule has 0 saturated carbocycles. The maximum Gasteiger partial charge on any atom is 0.223 e. The molecule has 0 aliphatic carbocycles. The van der Waals surface area contributed by atoms with Crippen LogP contribution in [0.25, 0.3) is 0 Å². The Morgan fingerprint density at radius 1 is 1.44 bits per heavy atom. The van der Waals surface area contributed by atoms with E-state index in [2.05, 4.69) is 12.2 Å². The number of carbonyl (C=O) groups excluding carboxylic acids is 1. The fourth-order valence-electron chi connectivity index (χ4n) is 1.68. The van der Waals surface area contributed by atoms with Crippen LogP contribution in [-0.4, -0.2) is 5.91 Å². The first-order valence-corrected chi connectivity index (χ1v) is 5.91. The fraction of sp³-hybridized carbons (Fsp3) is 0.615. The minimum atomic E-state index is -0.0551. The zero-order chi connectivity index (χ0) is 12.1. The lowest BCUT2D eigenvalue weighted by molar-refractivity contribution is -0.125. The SMILES string of the molecule is CCCC(C)C(=O)NC(C)c1ccc(C)o1. The molecule has 16 heavy (non-hydrogen) atoms. The van der Waals surface area contributed by atoms with Crippen LogP contribution < -0.4 is 5.32 Å². The number of nitrogens with one attached hydrogen (secondary N) is 1. The van der Waals surface area contributed by atoms with Crippen molar-refractivity contribution in [3.8, 4) is 0 Å². The summed E-state index contributed by atoms with van der Waals surface area (Å²) < 4.78 is 5.47. The average Bonchev–Trinajstić information content (AvgIpc) is 2.65. The zero-order valence-electron chi connectivity index (χ0n) is 10.5. The van der Waals surface area contributed by atoms with E-state index in [-0.39, 0.29) is 17.9 Å². The number of hydrogen-bond donors (Lipinski definition) is 1. The highest BCUT2D eigenvalue weighted by Gasteiger charge is 2.16. The van der Waals surface area contributed by atoms with E-state index in [0.717, 1.165) is 24.4 Å². The van der Waals surface area contributed by atoms with Gasteiger partial charge in [-0.2, -0.15) is 0 Å². The van der Waals surface area contributed by atoms with Gasteiger partial charge in [0.05, 0.1) is 6.04 Å².